The van der Waals surface area contributed by atoms with Crippen LogP contribution in [0.25, 0.3) is 0 Å². The number of hydrogen-bond acceptors (Lipinski definition) is 0. The highest BCUT2D eigenvalue weighted by Crippen LogP contribution is 2.48. The topological polar surface area (TPSA) is 0 Å². The number of halogens is 2. The van der Waals surface area contributed by atoms with E-state index < -0.39 is 6.69 Å². The zero-order chi connectivity index (χ0) is 10.3. The van der Waals surface area contributed by atoms with Crippen LogP contribution in [-0.2, 0) is 0 Å². The average molecular weight is 249 g/mol. The van der Waals surface area contributed by atoms with Gasteiger partial charge in [0.25, 0.3) is 0 Å². The molecule has 0 radical (unpaired) electrons. The molecule has 3 heteroatoms. The molecule has 0 aromatic heterocycles. The van der Waals surface area contributed by atoms with Gasteiger partial charge in [0.1, 0.15) is 0 Å². The summed E-state index contributed by atoms with van der Waals surface area (Å²) in [7, 11) is 0. The first-order chi connectivity index (χ1) is 6.46. The van der Waals surface area contributed by atoms with Gasteiger partial charge in [0.2, 0.25) is 6.69 Å². The van der Waals surface area contributed by atoms with Gasteiger partial charge in [0.05, 0.1) is 0 Å². The summed E-state index contributed by atoms with van der Waals surface area (Å²) in [5, 5.41) is 0. The summed E-state index contributed by atoms with van der Waals surface area (Å²) in [6.45, 7) is 2.47. The molecule has 0 aromatic rings. The number of hydrogen-bond donors (Lipinski definition) is 0. The van der Waals surface area contributed by atoms with Gasteiger partial charge in [-0.2, -0.15) is 0 Å². The third-order valence-electron chi connectivity index (χ3n) is 3.74. The van der Waals surface area contributed by atoms with E-state index in [9.17, 15) is 0 Å². The minimum absolute atomic E-state index is 0.710. The van der Waals surface area contributed by atoms with E-state index in [1.165, 1.54) is 12.8 Å². The molecule has 0 heterocycles. The van der Waals surface area contributed by atoms with E-state index in [-0.39, 0.29) is 0 Å². The van der Waals surface area contributed by atoms with Crippen molar-refractivity contribution in [2.45, 2.75) is 32.4 Å². The standard InChI is InChI=1S/C11H18Cl2Si/c1-8(7-14(2,12)13)11-6-9-3-4-10(11)5-9/h3-4,8-11H,5-7H2,1-2H3. The molecule has 4 atom stereocenters. The summed E-state index contributed by atoms with van der Waals surface area (Å²) in [6, 6.07) is 1.05. The first-order valence-electron chi connectivity index (χ1n) is 5.52. The van der Waals surface area contributed by atoms with Crippen LogP contribution in [0.2, 0.25) is 12.6 Å². The molecular formula is C11H18Cl2Si. The molecule has 2 aliphatic carbocycles. The van der Waals surface area contributed by atoms with Crippen LogP contribution in [0.5, 0.6) is 0 Å². The Hall–Kier alpha value is 0.537. The van der Waals surface area contributed by atoms with Crippen molar-refractivity contribution in [3.8, 4) is 0 Å². The zero-order valence-electron chi connectivity index (χ0n) is 8.84. The van der Waals surface area contributed by atoms with Crippen LogP contribution < -0.4 is 0 Å². The Balaban J connectivity index is 1.93. The molecule has 0 nitrogen and oxygen atoms in total. The third kappa shape index (κ3) is 2.37. The Morgan fingerprint density at radius 3 is 2.50 bits per heavy atom. The second-order valence-corrected chi connectivity index (χ2v) is 13.3. The molecule has 0 spiro atoms. The normalized spacial score (nSPS) is 37.9. The van der Waals surface area contributed by atoms with Crippen molar-refractivity contribution < 1.29 is 0 Å². The highest BCUT2D eigenvalue weighted by Gasteiger charge is 2.40. The summed E-state index contributed by atoms with van der Waals surface area (Å²) in [6.07, 6.45) is 7.57. The van der Waals surface area contributed by atoms with Crippen LogP contribution in [0, 0.1) is 23.7 Å². The molecule has 0 aliphatic heterocycles. The van der Waals surface area contributed by atoms with Crippen LogP contribution in [0.3, 0.4) is 0 Å². The van der Waals surface area contributed by atoms with Gasteiger partial charge >= 0.3 is 0 Å². The number of rotatable bonds is 3. The van der Waals surface area contributed by atoms with Crippen LogP contribution in [0.15, 0.2) is 12.2 Å². The van der Waals surface area contributed by atoms with Crippen LogP contribution in [0.1, 0.15) is 19.8 Å². The van der Waals surface area contributed by atoms with Crippen molar-refractivity contribution in [2.75, 3.05) is 0 Å². The van der Waals surface area contributed by atoms with E-state index >= 15 is 0 Å². The van der Waals surface area contributed by atoms with E-state index in [0.717, 1.165) is 23.8 Å². The summed E-state index contributed by atoms with van der Waals surface area (Å²) < 4.78 is 0. The first kappa shape index (κ1) is 11.0. The molecule has 14 heavy (non-hydrogen) atoms. The SMILES string of the molecule is CC(C[Si](C)(Cl)Cl)C1CC2C=CC1C2. The molecule has 1 fully saturated rings. The Kier molecular flexibility index (Phi) is 3.03. The summed E-state index contributed by atoms with van der Waals surface area (Å²) >= 11 is 12.4. The first-order valence-corrected chi connectivity index (χ1v) is 10.2. The Morgan fingerprint density at radius 1 is 1.36 bits per heavy atom. The number of allylic oxidation sites excluding steroid dienone is 2. The Labute approximate surface area is 97.1 Å². The van der Waals surface area contributed by atoms with Gasteiger partial charge in [0, 0.05) is 0 Å². The molecule has 4 unspecified atom stereocenters. The predicted molar refractivity (Wildman–Crippen MR) is 66.1 cm³/mol. The van der Waals surface area contributed by atoms with Crippen molar-refractivity contribution in [2.24, 2.45) is 23.7 Å². The fourth-order valence-corrected chi connectivity index (χ4v) is 6.09. The summed E-state index contributed by atoms with van der Waals surface area (Å²) in [4.78, 5) is 0. The van der Waals surface area contributed by atoms with Crippen molar-refractivity contribution in [3.63, 3.8) is 0 Å². The van der Waals surface area contributed by atoms with Gasteiger partial charge in [-0.3, -0.25) is 0 Å². The summed E-state index contributed by atoms with van der Waals surface area (Å²) in [5.41, 5.74) is 0. The summed E-state index contributed by atoms with van der Waals surface area (Å²) in [5.74, 6) is 3.27. The average Bonchev–Trinajstić information content (AvgIpc) is 2.59. The second-order valence-electron chi connectivity index (χ2n) is 5.20. The van der Waals surface area contributed by atoms with Crippen LogP contribution in [0.4, 0.5) is 0 Å². The molecule has 0 aromatic carbocycles. The van der Waals surface area contributed by atoms with Gasteiger partial charge in [0.15, 0.2) is 0 Å². The van der Waals surface area contributed by atoms with Gasteiger partial charge < -0.3 is 0 Å². The maximum atomic E-state index is 6.19. The molecule has 0 N–H and O–H groups in total. The van der Waals surface area contributed by atoms with E-state index in [1.807, 2.05) is 6.55 Å². The monoisotopic (exact) mass is 248 g/mol. The lowest BCUT2D eigenvalue weighted by atomic mass is 9.84. The van der Waals surface area contributed by atoms with Crippen molar-refractivity contribution >= 4 is 28.9 Å². The molecule has 1 saturated carbocycles. The molecular weight excluding hydrogens is 231 g/mol. The van der Waals surface area contributed by atoms with Crippen molar-refractivity contribution in [1.29, 1.82) is 0 Å². The highest BCUT2D eigenvalue weighted by molar-refractivity contribution is 7.44. The van der Waals surface area contributed by atoms with E-state index in [4.69, 9.17) is 22.2 Å². The molecule has 0 amide bonds. The second kappa shape index (κ2) is 3.84. The lowest BCUT2D eigenvalue weighted by Gasteiger charge is -2.27. The minimum atomic E-state index is -1.89. The highest BCUT2D eigenvalue weighted by atomic mass is 35.7. The van der Waals surface area contributed by atoms with Crippen LogP contribution >= 0.6 is 22.2 Å². The fraction of sp³-hybridized carbons (Fsp3) is 0.818. The minimum Gasteiger partial charge on any atom is -0.146 e. The van der Waals surface area contributed by atoms with Crippen molar-refractivity contribution in [3.05, 3.63) is 12.2 Å². The smallest absolute Gasteiger partial charge is 0.146 e. The maximum absolute atomic E-state index is 6.19. The van der Waals surface area contributed by atoms with Crippen molar-refractivity contribution in [1.82, 2.24) is 0 Å². The molecule has 0 saturated heterocycles. The van der Waals surface area contributed by atoms with Gasteiger partial charge in [-0.1, -0.05) is 19.1 Å². The largest absolute Gasteiger partial charge is 0.248 e. The molecule has 2 aliphatic rings. The Morgan fingerprint density at radius 2 is 2.07 bits per heavy atom. The number of fused-ring (bicyclic) bond motifs is 2. The predicted octanol–water partition coefficient (Wildman–Crippen LogP) is 4.38. The molecule has 2 bridgehead atoms. The van der Waals surface area contributed by atoms with Gasteiger partial charge in [-0.05, 0) is 49.1 Å². The third-order valence-corrected chi connectivity index (χ3v) is 6.03. The van der Waals surface area contributed by atoms with E-state index in [1.54, 1.807) is 0 Å². The van der Waals surface area contributed by atoms with E-state index in [0.29, 0.717) is 5.92 Å². The van der Waals surface area contributed by atoms with Crippen LogP contribution in [-0.4, -0.2) is 6.69 Å². The molecule has 80 valence electrons. The quantitative estimate of drug-likeness (QED) is 0.395. The van der Waals surface area contributed by atoms with Gasteiger partial charge in [-0.25, -0.2) is 0 Å². The maximum Gasteiger partial charge on any atom is 0.248 e. The van der Waals surface area contributed by atoms with E-state index in [2.05, 4.69) is 19.1 Å². The van der Waals surface area contributed by atoms with Gasteiger partial charge in [-0.15, -0.1) is 22.2 Å². The lowest BCUT2D eigenvalue weighted by Crippen LogP contribution is -2.24. The fourth-order valence-electron chi connectivity index (χ4n) is 3.19. The molecule has 2 rings (SSSR count). The zero-order valence-corrected chi connectivity index (χ0v) is 11.4. The lowest BCUT2D eigenvalue weighted by molar-refractivity contribution is 0.329. The Bertz CT molecular complexity index is 244.